The van der Waals surface area contributed by atoms with Gasteiger partial charge in [0.2, 0.25) is 5.91 Å². The first-order valence-corrected chi connectivity index (χ1v) is 10.9. The lowest BCUT2D eigenvalue weighted by Gasteiger charge is -2.36. The van der Waals surface area contributed by atoms with E-state index in [0.717, 1.165) is 23.3 Å². The van der Waals surface area contributed by atoms with E-state index in [-0.39, 0.29) is 37.0 Å². The molecule has 3 heterocycles. The molecule has 10 heteroatoms. The summed E-state index contributed by atoms with van der Waals surface area (Å²) in [6.07, 6.45) is 0.155. The number of benzene rings is 2. The number of anilines is 1. The molecule has 0 atom stereocenters. The fourth-order valence-corrected chi connectivity index (χ4v) is 4.57. The summed E-state index contributed by atoms with van der Waals surface area (Å²) in [6.45, 7) is 3.67. The highest BCUT2D eigenvalue weighted by Gasteiger charge is 2.37. The van der Waals surface area contributed by atoms with Crippen LogP contribution < -0.4 is 10.2 Å². The molecule has 8 nitrogen and oxygen atoms in total. The highest BCUT2D eigenvalue weighted by atomic mass is 19.1. The number of hydrazine groups is 1. The van der Waals surface area contributed by atoms with Gasteiger partial charge in [0, 0.05) is 50.8 Å². The molecule has 3 aliphatic rings. The number of piperazine rings is 1. The molecule has 5 rings (SSSR count). The minimum absolute atomic E-state index is 0.155. The summed E-state index contributed by atoms with van der Waals surface area (Å²) in [5.74, 6) is -1.48. The summed E-state index contributed by atoms with van der Waals surface area (Å²) >= 11 is 0. The van der Waals surface area contributed by atoms with Crippen molar-refractivity contribution in [3.8, 4) is 0 Å². The highest BCUT2D eigenvalue weighted by Crippen LogP contribution is 2.27. The number of urea groups is 1. The van der Waals surface area contributed by atoms with Crippen molar-refractivity contribution in [2.45, 2.75) is 19.5 Å². The first-order chi connectivity index (χ1) is 15.9. The van der Waals surface area contributed by atoms with Gasteiger partial charge in [-0.15, -0.1) is 0 Å². The van der Waals surface area contributed by atoms with Crippen molar-refractivity contribution in [2.24, 2.45) is 0 Å². The molecule has 2 aromatic carbocycles. The number of nitrogens with zero attached hydrogens (tertiary/aromatic N) is 4. The Morgan fingerprint density at radius 1 is 0.879 bits per heavy atom. The Balaban J connectivity index is 1.22. The minimum atomic E-state index is -0.583. The molecule has 0 radical (unpaired) electrons. The molecular weight excluding hydrogens is 432 g/mol. The van der Waals surface area contributed by atoms with Crippen LogP contribution in [0.5, 0.6) is 0 Å². The average Bonchev–Trinajstić information content (AvgIpc) is 3.11. The van der Waals surface area contributed by atoms with Crippen LogP contribution in [-0.4, -0.2) is 65.5 Å². The van der Waals surface area contributed by atoms with Crippen molar-refractivity contribution < 1.29 is 23.2 Å². The fraction of sp³-hybridized carbons (Fsp3) is 0.348. The van der Waals surface area contributed by atoms with Crippen molar-refractivity contribution in [1.82, 2.24) is 20.2 Å². The number of carbonyl (C=O) groups is 3. The van der Waals surface area contributed by atoms with Gasteiger partial charge in [-0.25, -0.2) is 23.6 Å². The number of imide groups is 1. The van der Waals surface area contributed by atoms with Crippen molar-refractivity contribution in [1.29, 1.82) is 0 Å². The Bertz CT molecular complexity index is 1130. The lowest BCUT2D eigenvalue weighted by Crippen LogP contribution is -2.56. The standard InChI is InChI=1S/C23H23F2N5O3/c24-17-2-4-19(25)20(12-17)28-9-7-27(8-10-28)13-15-1-3-18-16(11-15)14-30(22(18)32)29-6-5-21(31)26-23(29)33/h1-4,11-12H,5-10,13-14H2,(H,26,31,33). The first kappa shape index (κ1) is 21.3. The SMILES string of the molecule is O=C1CCN(N2Cc3cc(CN4CCN(c5cc(F)ccc5F)CC4)ccc3C2=O)C(=O)N1. The average molecular weight is 455 g/mol. The lowest BCUT2D eigenvalue weighted by molar-refractivity contribution is -0.123. The number of hydrogen-bond acceptors (Lipinski definition) is 5. The maximum absolute atomic E-state index is 14.1. The maximum atomic E-state index is 14.1. The van der Waals surface area contributed by atoms with Crippen LogP contribution in [0, 0.1) is 11.6 Å². The summed E-state index contributed by atoms with van der Waals surface area (Å²) < 4.78 is 27.6. The van der Waals surface area contributed by atoms with E-state index < -0.39 is 17.7 Å². The molecule has 1 N–H and O–H groups in total. The molecule has 0 bridgehead atoms. The zero-order chi connectivity index (χ0) is 23.1. The molecule has 3 aliphatic heterocycles. The van der Waals surface area contributed by atoms with Gasteiger partial charge in [-0.1, -0.05) is 12.1 Å². The third-order valence-electron chi connectivity index (χ3n) is 6.30. The monoisotopic (exact) mass is 455 g/mol. The molecule has 2 saturated heterocycles. The molecule has 0 unspecified atom stereocenters. The number of hydrogen-bond donors (Lipinski definition) is 1. The molecule has 2 aromatic rings. The summed E-state index contributed by atoms with van der Waals surface area (Å²) in [7, 11) is 0. The molecule has 0 aromatic heterocycles. The Morgan fingerprint density at radius 2 is 1.67 bits per heavy atom. The predicted molar refractivity (Wildman–Crippen MR) is 115 cm³/mol. The number of amides is 4. The lowest BCUT2D eigenvalue weighted by atomic mass is 10.1. The largest absolute Gasteiger partial charge is 0.367 e. The van der Waals surface area contributed by atoms with Gasteiger partial charge in [0.15, 0.2) is 0 Å². The molecule has 2 fully saturated rings. The Morgan fingerprint density at radius 3 is 2.42 bits per heavy atom. The third-order valence-corrected chi connectivity index (χ3v) is 6.30. The van der Waals surface area contributed by atoms with E-state index in [9.17, 15) is 23.2 Å². The van der Waals surface area contributed by atoms with Gasteiger partial charge in [-0.05, 0) is 29.3 Å². The van der Waals surface area contributed by atoms with E-state index >= 15 is 0 Å². The molecule has 33 heavy (non-hydrogen) atoms. The fourth-order valence-electron chi connectivity index (χ4n) is 4.57. The van der Waals surface area contributed by atoms with E-state index in [1.807, 2.05) is 17.0 Å². The van der Waals surface area contributed by atoms with Gasteiger partial charge in [-0.2, -0.15) is 0 Å². The summed E-state index contributed by atoms with van der Waals surface area (Å²) in [4.78, 5) is 40.4. The first-order valence-electron chi connectivity index (χ1n) is 10.9. The van der Waals surface area contributed by atoms with Crippen LogP contribution in [0.4, 0.5) is 19.3 Å². The summed E-state index contributed by atoms with van der Waals surface area (Å²) in [5, 5.41) is 4.90. The van der Waals surface area contributed by atoms with Gasteiger partial charge in [0.05, 0.1) is 18.8 Å². The molecule has 0 spiro atoms. The zero-order valence-corrected chi connectivity index (χ0v) is 17.9. The van der Waals surface area contributed by atoms with E-state index in [4.69, 9.17) is 0 Å². The van der Waals surface area contributed by atoms with Crippen molar-refractivity contribution >= 4 is 23.5 Å². The molecule has 0 saturated carbocycles. The van der Waals surface area contributed by atoms with Crippen molar-refractivity contribution in [3.05, 3.63) is 64.7 Å². The second-order valence-corrected chi connectivity index (χ2v) is 8.44. The van der Waals surface area contributed by atoms with Gasteiger partial charge in [0.25, 0.3) is 5.91 Å². The minimum Gasteiger partial charge on any atom is -0.367 e. The zero-order valence-electron chi connectivity index (χ0n) is 17.9. The van der Waals surface area contributed by atoms with Crippen LogP contribution in [0.1, 0.15) is 27.9 Å². The maximum Gasteiger partial charge on any atom is 0.342 e. The second-order valence-electron chi connectivity index (χ2n) is 8.44. The van der Waals surface area contributed by atoms with Gasteiger partial charge >= 0.3 is 6.03 Å². The molecule has 4 amide bonds. The van der Waals surface area contributed by atoms with Gasteiger partial charge in [0.1, 0.15) is 11.6 Å². The van der Waals surface area contributed by atoms with Crippen LogP contribution in [-0.2, 0) is 17.9 Å². The Hall–Kier alpha value is -3.53. The number of halogens is 2. The summed E-state index contributed by atoms with van der Waals surface area (Å²) in [6, 6.07) is 8.56. The van der Waals surface area contributed by atoms with E-state index in [2.05, 4.69) is 10.2 Å². The van der Waals surface area contributed by atoms with E-state index in [0.29, 0.717) is 38.3 Å². The normalized spacial score (nSPS) is 19.2. The Kier molecular flexibility index (Phi) is 5.45. The molecule has 172 valence electrons. The molecular formula is C23H23F2N5O3. The van der Waals surface area contributed by atoms with Crippen LogP contribution in [0.15, 0.2) is 36.4 Å². The second kappa shape index (κ2) is 8.43. The predicted octanol–water partition coefficient (Wildman–Crippen LogP) is 2.10. The van der Waals surface area contributed by atoms with E-state index in [1.54, 1.807) is 6.07 Å². The number of carbonyl (C=O) groups excluding carboxylic acids is 3. The number of rotatable bonds is 4. The van der Waals surface area contributed by atoms with E-state index in [1.165, 1.54) is 16.1 Å². The highest BCUT2D eigenvalue weighted by molar-refractivity contribution is 6.01. The summed E-state index contributed by atoms with van der Waals surface area (Å²) in [5.41, 5.74) is 2.71. The van der Waals surface area contributed by atoms with Crippen LogP contribution in [0.3, 0.4) is 0 Å². The molecule has 0 aliphatic carbocycles. The quantitative estimate of drug-likeness (QED) is 0.764. The topological polar surface area (TPSA) is 76.2 Å². The Labute approximate surface area is 189 Å². The van der Waals surface area contributed by atoms with Crippen molar-refractivity contribution in [2.75, 3.05) is 37.6 Å². The van der Waals surface area contributed by atoms with Crippen LogP contribution in [0.25, 0.3) is 0 Å². The third kappa shape index (κ3) is 4.13. The van der Waals surface area contributed by atoms with Crippen LogP contribution >= 0.6 is 0 Å². The van der Waals surface area contributed by atoms with Crippen LogP contribution in [0.2, 0.25) is 0 Å². The number of nitrogens with one attached hydrogen (secondary N) is 1. The van der Waals surface area contributed by atoms with Crippen molar-refractivity contribution in [3.63, 3.8) is 0 Å². The van der Waals surface area contributed by atoms with Gasteiger partial charge in [-0.3, -0.25) is 19.8 Å². The van der Waals surface area contributed by atoms with Gasteiger partial charge < -0.3 is 4.90 Å². The smallest absolute Gasteiger partial charge is 0.342 e. The number of fused-ring (bicyclic) bond motifs is 1.